The van der Waals surface area contributed by atoms with E-state index in [2.05, 4.69) is 41.1 Å². The van der Waals surface area contributed by atoms with Crippen molar-refractivity contribution in [1.29, 1.82) is 0 Å². The van der Waals surface area contributed by atoms with Crippen LogP contribution in [0.3, 0.4) is 0 Å². The number of aryl methyl sites for hydroxylation is 1. The molecule has 1 N–H and O–H groups in total. The number of carbonyl (C=O) groups is 1. The molecule has 1 aliphatic carbocycles. The predicted molar refractivity (Wildman–Crippen MR) is 123 cm³/mol. The lowest BCUT2D eigenvalue weighted by molar-refractivity contribution is -0.118. The van der Waals surface area contributed by atoms with Gasteiger partial charge in [-0.3, -0.25) is 9.36 Å². The minimum Gasteiger partial charge on any atom is -0.485 e. The number of para-hydroxylation sites is 1. The van der Waals surface area contributed by atoms with Gasteiger partial charge in [-0.15, -0.1) is 16.8 Å². The molecule has 0 saturated carbocycles. The summed E-state index contributed by atoms with van der Waals surface area (Å²) in [5, 5.41) is 12.2. The highest BCUT2D eigenvalue weighted by Gasteiger charge is 2.20. The van der Waals surface area contributed by atoms with Crippen molar-refractivity contribution in [2.45, 2.75) is 37.9 Å². The molecule has 1 aromatic heterocycles. The van der Waals surface area contributed by atoms with Gasteiger partial charge >= 0.3 is 0 Å². The van der Waals surface area contributed by atoms with E-state index in [9.17, 15) is 4.79 Å². The molecular weight excluding hydrogens is 408 g/mol. The maximum Gasteiger partial charge on any atom is 0.230 e. The molecule has 0 spiro atoms. The molecule has 0 bridgehead atoms. The lowest BCUT2D eigenvalue weighted by Gasteiger charge is -2.14. The minimum atomic E-state index is -0.0690. The van der Waals surface area contributed by atoms with Crippen molar-refractivity contribution in [3.05, 3.63) is 77.6 Å². The average molecular weight is 435 g/mol. The van der Waals surface area contributed by atoms with Gasteiger partial charge in [0.1, 0.15) is 12.4 Å². The van der Waals surface area contributed by atoms with E-state index in [0.717, 1.165) is 24.3 Å². The summed E-state index contributed by atoms with van der Waals surface area (Å²) >= 11 is 1.35. The largest absolute Gasteiger partial charge is 0.485 e. The molecule has 1 amide bonds. The van der Waals surface area contributed by atoms with Gasteiger partial charge in [-0.1, -0.05) is 42.1 Å². The topological polar surface area (TPSA) is 69.0 Å². The van der Waals surface area contributed by atoms with Crippen molar-refractivity contribution in [3.63, 3.8) is 0 Å². The van der Waals surface area contributed by atoms with Crippen LogP contribution in [0, 0.1) is 6.92 Å². The van der Waals surface area contributed by atoms with Crippen LogP contribution in [-0.4, -0.2) is 33.0 Å². The van der Waals surface area contributed by atoms with Gasteiger partial charge in [0, 0.05) is 12.2 Å². The van der Waals surface area contributed by atoms with Crippen molar-refractivity contribution in [2.75, 3.05) is 12.3 Å². The van der Waals surface area contributed by atoms with Gasteiger partial charge in [0.2, 0.25) is 5.91 Å². The second-order valence-electron chi connectivity index (χ2n) is 7.43. The van der Waals surface area contributed by atoms with Gasteiger partial charge in [-0.25, -0.2) is 0 Å². The van der Waals surface area contributed by atoms with E-state index in [1.807, 2.05) is 34.9 Å². The molecule has 0 aliphatic heterocycles. The third kappa shape index (κ3) is 4.82. The zero-order chi connectivity index (χ0) is 21.6. The van der Waals surface area contributed by atoms with E-state index in [1.165, 1.54) is 34.9 Å². The SMILES string of the molecule is C=CCNC(=O)CSc1nnc(COc2ccc(C)c3c2CCC3)n1-c1ccccc1. The summed E-state index contributed by atoms with van der Waals surface area (Å²) in [6.45, 7) is 6.53. The standard InChI is InChI=1S/C24H26N4O2S/c1-3-14-25-23(29)16-31-24-27-26-22(28(24)18-8-5-4-6-9-18)15-30-21-13-12-17(2)19-10-7-11-20(19)21/h3-6,8-9,12-13H,1,7,10-11,14-16H2,2H3,(H,25,29). The molecule has 31 heavy (non-hydrogen) atoms. The third-order valence-corrected chi connectivity index (χ3v) is 6.25. The van der Waals surface area contributed by atoms with Crippen LogP contribution in [0.5, 0.6) is 5.75 Å². The molecule has 0 saturated heterocycles. The minimum absolute atomic E-state index is 0.0690. The first-order valence-electron chi connectivity index (χ1n) is 10.4. The van der Waals surface area contributed by atoms with Crippen LogP contribution >= 0.6 is 11.8 Å². The van der Waals surface area contributed by atoms with Crippen molar-refractivity contribution in [1.82, 2.24) is 20.1 Å². The average Bonchev–Trinajstić information content (AvgIpc) is 3.44. The van der Waals surface area contributed by atoms with E-state index in [-0.39, 0.29) is 11.7 Å². The highest BCUT2D eigenvalue weighted by atomic mass is 32.2. The summed E-state index contributed by atoms with van der Waals surface area (Å²) in [5.74, 6) is 1.82. The number of ether oxygens (including phenoxy) is 1. The lowest BCUT2D eigenvalue weighted by atomic mass is 10.0. The highest BCUT2D eigenvalue weighted by molar-refractivity contribution is 7.99. The normalized spacial score (nSPS) is 12.4. The summed E-state index contributed by atoms with van der Waals surface area (Å²) in [5.41, 5.74) is 5.01. The number of benzene rings is 2. The molecule has 3 aromatic rings. The quantitative estimate of drug-likeness (QED) is 0.407. The number of rotatable bonds is 9. The van der Waals surface area contributed by atoms with Crippen LogP contribution in [0.2, 0.25) is 0 Å². The number of amides is 1. The number of aromatic nitrogens is 3. The number of thioether (sulfide) groups is 1. The first-order chi connectivity index (χ1) is 15.2. The fraction of sp³-hybridized carbons (Fsp3) is 0.292. The van der Waals surface area contributed by atoms with Crippen LogP contribution in [0.15, 0.2) is 60.3 Å². The van der Waals surface area contributed by atoms with E-state index in [1.54, 1.807) is 6.08 Å². The molecular formula is C24H26N4O2S. The van der Waals surface area contributed by atoms with E-state index in [0.29, 0.717) is 24.1 Å². The number of hydrogen-bond donors (Lipinski definition) is 1. The molecule has 0 radical (unpaired) electrons. The van der Waals surface area contributed by atoms with E-state index < -0.39 is 0 Å². The van der Waals surface area contributed by atoms with Gasteiger partial charge in [0.25, 0.3) is 0 Å². The molecule has 1 heterocycles. The maximum atomic E-state index is 12.0. The van der Waals surface area contributed by atoms with Gasteiger partial charge in [0.15, 0.2) is 11.0 Å². The van der Waals surface area contributed by atoms with Crippen molar-refractivity contribution in [2.24, 2.45) is 0 Å². The van der Waals surface area contributed by atoms with E-state index in [4.69, 9.17) is 4.74 Å². The van der Waals surface area contributed by atoms with Gasteiger partial charge in [-0.05, 0) is 61.1 Å². The van der Waals surface area contributed by atoms with Gasteiger partial charge in [-0.2, -0.15) is 0 Å². The molecule has 1 aliphatic rings. The van der Waals surface area contributed by atoms with Crippen LogP contribution in [0.4, 0.5) is 0 Å². The second-order valence-corrected chi connectivity index (χ2v) is 8.37. The summed E-state index contributed by atoms with van der Waals surface area (Å²) in [6.07, 6.45) is 5.00. The van der Waals surface area contributed by atoms with Crippen molar-refractivity contribution in [3.8, 4) is 11.4 Å². The van der Waals surface area contributed by atoms with Crippen LogP contribution in [0.25, 0.3) is 5.69 Å². The Balaban J connectivity index is 1.55. The fourth-order valence-electron chi connectivity index (χ4n) is 3.82. The predicted octanol–water partition coefficient (Wildman–Crippen LogP) is 4.04. The van der Waals surface area contributed by atoms with Gasteiger partial charge in [0.05, 0.1) is 5.75 Å². The zero-order valence-electron chi connectivity index (χ0n) is 17.6. The Bertz CT molecular complexity index is 1080. The maximum absolute atomic E-state index is 12.0. The Morgan fingerprint density at radius 3 is 2.81 bits per heavy atom. The molecule has 7 heteroatoms. The molecule has 0 fully saturated rings. The Hall–Kier alpha value is -3.06. The number of hydrogen-bond acceptors (Lipinski definition) is 5. The van der Waals surface area contributed by atoms with E-state index >= 15 is 0 Å². The second kappa shape index (κ2) is 9.83. The first kappa shape index (κ1) is 21.2. The molecule has 0 atom stereocenters. The molecule has 6 nitrogen and oxygen atoms in total. The Morgan fingerprint density at radius 2 is 2.00 bits per heavy atom. The number of carbonyl (C=O) groups excluding carboxylic acids is 1. The zero-order valence-corrected chi connectivity index (χ0v) is 18.5. The van der Waals surface area contributed by atoms with Crippen molar-refractivity contribution >= 4 is 17.7 Å². The Morgan fingerprint density at radius 1 is 1.19 bits per heavy atom. The number of nitrogens with zero attached hydrogens (tertiary/aromatic N) is 3. The fourth-order valence-corrected chi connectivity index (χ4v) is 4.62. The molecule has 0 unspecified atom stereocenters. The molecule has 2 aromatic carbocycles. The molecule has 160 valence electrons. The van der Waals surface area contributed by atoms with Gasteiger partial charge < -0.3 is 10.1 Å². The molecule has 4 rings (SSSR count). The van der Waals surface area contributed by atoms with Crippen molar-refractivity contribution < 1.29 is 9.53 Å². The monoisotopic (exact) mass is 434 g/mol. The summed E-state index contributed by atoms with van der Waals surface area (Å²) in [6, 6.07) is 14.1. The highest BCUT2D eigenvalue weighted by Crippen LogP contribution is 2.33. The summed E-state index contributed by atoms with van der Waals surface area (Å²) in [4.78, 5) is 12.0. The third-order valence-electron chi connectivity index (χ3n) is 5.32. The number of fused-ring (bicyclic) bond motifs is 1. The Kier molecular flexibility index (Phi) is 6.72. The first-order valence-corrected chi connectivity index (χ1v) is 11.4. The summed E-state index contributed by atoms with van der Waals surface area (Å²) in [7, 11) is 0. The van der Waals surface area contributed by atoms with Crippen LogP contribution in [0.1, 0.15) is 28.9 Å². The smallest absolute Gasteiger partial charge is 0.230 e. The van der Waals surface area contributed by atoms with Crippen LogP contribution < -0.4 is 10.1 Å². The van der Waals surface area contributed by atoms with Crippen LogP contribution in [-0.2, 0) is 24.2 Å². The summed E-state index contributed by atoms with van der Waals surface area (Å²) < 4.78 is 8.18. The number of nitrogens with one attached hydrogen (secondary N) is 1. The Labute approximate surface area is 186 Å². The lowest BCUT2D eigenvalue weighted by Crippen LogP contribution is -2.25.